The molecule has 0 aliphatic rings. The molecule has 1 rings (SSSR count). The van der Waals surface area contributed by atoms with E-state index in [2.05, 4.69) is 45.9 Å². The summed E-state index contributed by atoms with van der Waals surface area (Å²) in [6.45, 7) is 8.33. The molecule has 0 unspecified atom stereocenters. The summed E-state index contributed by atoms with van der Waals surface area (Å²) in [7, 11) is 0. The normalized spacial score (nSPS) is 10.5. The van der Waals surface area contributed by atoms with Crippen molar-refractivity contribution in [1.29, 1.82) is 0 Å². The molecule has 112 valence electrons. The third-order valence-corrected chi connectivity index (χ3v) is 2.99. The molecule has 0 aliphatic carbocycles. The SMILES string of the molecule is CC(C)=CCc1cc(/C=C/C(=O)O)cc(CC=C(C)C)c1. The lowest BCUT2D eigenvalue weighted by atomic mass is 10.00. The molecular formula is C19H24O2. The molecule has 0 atom stereocenters. The van der Waals surface area contributed by atoms with Crippen LogP contribution in [0.25, 0.3) is 6.08 Å². The van der Waals surface area contributed by atoms with Crippen molar-refractivity contribution in [2.75, 3.05) is 0 Å². The molecule has 0 spiro atoms. The molecule has 0 heterocycles. The van der Waals surface area contributed by atoms with Gasteiger partial charge >= 0.3 is 5.97 Å². The van der Waals surface area contributed by atoms with E-state index in [4.69, 9.17) is 5.11 Å². The van der Waals surface area contributed by atoms with E-state index in [0.29, 0.717) is 0 Å². The van der Waals surface area contributed by atoms with Crippen LogP contribution in [0.4, 0.5) is 0 Å². The fourth-order valence-electron chi connectivity index (χ4n) is 1.93. The number of carbonyl (C=O) groups is 1. The topological polar surface area (TPSA) is 37.3 Å². The average molecular weight is 284 g/mol. The first-order chi connectivity index (χ1) is 9.86. The van der Waals surface area contributed by atoms with Crippen molar-refractivity contribution in [3.63, 3.8) is 0 Å². The van der Waals surface area contributed by atoms with Gasteiger partial charge in [-0.25, -0.2) is 4.79 Å². The van der Waals surface area contributed by atoms with Crippen molar-refractivity contribution in [2.24, 2.45) is 0 Å². The highest BCUT2D eigenvalue weighted by molar-refractivity contribution is 5.85. The van der Waals surface area contributed by atoms with Gasteiger partial charge in [0.1, 0.15) is 0 Å². The zero-order chi connectivity index (χ0) is 15.8. The minimum atomic E-state index is -0.921. The average Bonchev–Trinajstić information content (AvgIpc) is 2.40. The van der Waals surface area contributed by atoms with E-state index in [1.54, 1.807) is 6.08 Å². The molecule has 0 amide bonds. The first-order valence-electron chi connectivity index (χ1n) is 7.17. The molecule has 2 heteroatoms. The number of hydrogen-bond acceptors (Lipinski definition) is 1. The van der Waals surface area contributed by atoms with Gasteiger partial charge in [-0.2, -0.15) is 0 Å². The third-order valence-electron chi connectivity index (χ3n) is 2.99. The van der Waals surface area contributed by atoms with E-state index in [-0.39, 0.29) is 0 Å². The quantitative estimate of drug-likeness (QED) is 0.601. The van der Waals surface area contributed by atoms with E-state index in [0.717, 1.165) is 18.4 Å². The van der Waals surface area contributed by atoms with Gasteiger partial charge in [0.25, 0.3) is 0 Å². The standard InChI is InChI=1S/C19H24O2/c1-14(2)5-7-16-11-17(8-6-15(3)4)13-18(12-16)9-10-19(20)21/h5-6,9-13H,7-8H2,1-4H3,(H,20,21)/b10-9+. The summed E-state index contributed by atoms with van der Waals surface area (Å²) in [5.74, 6) is -0.921. The van der Waals surface area contributed by atoms with Crippen LogP contribution in [0.5, 0.6) is 0 Å². The van der Waals surface area contributed by atoms with Gasteiger partial charge in [-0.15, -0.1) is 0 Å². The Bertz CT molecular complexity index is 543. The van der Waals surface area contributed by atoms with Gasteiger partial charge in [-0.1, -0.05) is 41.5 Å². The Morgan fingerprint density at radius 2 is 1.43 bits per heavy atom. The van der Waals surface area contributed by atoms with E-state index >= 15 is 0 Å². The number of hydrogen-bond donors (Lipinski definition) is 1. The van der Waals surface area contributed by atoms with Crippen LogP contribution in [-0.2, 0) is 17.6 Å². The number of allylic oxidation sites excluding steroid dienone is 4. The predicted octanol–water partition coefficient (Wildman–Crippen LogP) is 4.80. The van der Waals surface area contributed by atoms with Crippen LogP contribution in [0.2, 0.25) is 0 Å². The molecule has 0 saturated heterocycles. The lowest BCUT2D eigenvalue weighted by Crippen LogP contribution is -1.91. The van der Waals surface area contributed by atoms with Crippen LogP contribution in [0, 0.1) is 0 Å². The van der Waals surface area contributed by atoms with Crippen molar-refractivity contribution in [1.82, 2.24) is 0 Å². The summed E-state index contributed by atoms with van der Waals surface area (Å²) >= 11 is 0. The van der Waals surface area contributed by atoms with E-state index in [9.17, 15) is 4.79 Å². The van der Waals surface area contributed by atoms with E-state index in [1.165, 1.54) is 28.3 Å². The van der Waals surface area contributed by atoms with Crippen LogP contribution in [0.3, 0.4) is 0 Å². The fraction of sp³-hybridized carbons (Fsp3) is 0.316. The van der Waals surface area contributed by atoms with Crippen molar-refractivity contribution in [3.8, 4) is 0 Å². The molecule has 2 nitrogen and oxygen atoms in total. The summed E-state index contributed by atoms with van der Waals surface area (Å²) in [5, 5.41) is 8.76. The minimum absolute atomic E-state index is 0.874. The zero-order valence-corrected chi connectivity index (χ0v) is 13.3. The summed E-state index contributed by atoms with van der Waals surface area (Å²) < 4.78 is 0. The Balaban J connectivity index is 3.09. The van der Waals surface area contributed by atoms with Gasteiger partial charge in [-0.3, -0.25) is 0 Å². The second-order valence-corrected chi connectivity index (χ2v) is 5.73. The van der Waals surface area contributed by atoms with Crippen molar-refractivity contribution in [2.45, 2.75) is 40.5 Å². The lowest BCUT2D eigenvalue weighted by Gasteiger charge is -2.06. The number of aliphatic carboxylic acids is 1. The maximum absolute atomic E-state index is 10.7. The highest BCUT2D eigenvalue weighted by atomic mass is 16.4. The van der Waals surface area contributed by atoms with Crippen LogP contribution >= 0.6 is 0 Å². The number of rotatable bonds is 6. The van der Waals surface area contributed by atoms with Crippen LogP contribution in [0.15, 0.2) is 47.6 Å². The molecule has 0 radical (unpaired) electrons. The van der Waals surface area contributed by atoms with Crippen LogP contribution < -0.4 is 0 Å². The highest BCUT2D eigenvalue weighted by Gasteiger charge is 1.99. The van der Waals surface area contributed by atoms with E-state index in [1.807, 2.05) is 12.1 Å². The Morgan fingerprint density at radius 1 is 0.952 bits per heavy atom. The molecule has 0 saturated carbocycles. The van der Waals surface area contributed by atoms with Crippen molar-refractivity contribution < 1.29 is 9.90 Å². The van der Waals surface area contributed by atoms with Crippen molar-refractivity contribution >= 4 is 12.0 Å². The molecule has 1 N–H and O–H groups in total. The lowest BCUT2D eigenvalue weighted by molar-refractivity contribution is -0.131. The fourth-order valence-corrected chi connectivity index (χ4v) is 1.93. The van der Waals surface area contributed by atoms with Gasteiger partial charge < -0.3 is 5.11 Å². The first kappa shape index (κ1) is 17.0. The molecule has 0 bridgehead atoms. The molecule has 1 aromatic rings. The van der Waals surface area contributed by atoms with Gasteiger partial charge in [0.2, 0.25) is 0 Å². The monoisotopic (exact) mass is 284 g/mol. The summed E-state index contributed by atoms with van der Waals surface area (Å²) in [4.78, 5) is 10.7. The summed E-state index contributed by atoms with van der Waals surface area (Å²) in [6, 6.07) is 6.28. The number of benzene rings is 1. The smallest absolute Gasteiger partial charge is 0.328 e. The Hall–Kier alpha value is -2.09. The van der Waals surface area contributed by atoms with E-state index < -0.39 is 5.97 Å². The maximum atomic E-state index is 10.7. The van der Waals surface area contributed by atoms with Gasteiger partial charge in [0, 0.05) is 6.08 Å². The largest absolute Gasteiger partial charge is 0.478 e. The van der Waals surface area contributed by atoms with Gasteiger partial charge in [0.05, 0.1) is 0 Å². The number of carboxylic acids is 1. The third kappa shape index (κ3) is 7.31. The predicted molar refractivity (Wildman–Crippen MR) is 89.4 cm³/mol. The van der Waals surface area contributed by atoms with Gasteiger partial charge in [0.15, 0.2) is 0 Å². The number of carboxylic acid groups (broad SMARTS) is 1. The first-order valence-corrected chi connectivity index (χ1v) is 7.17. The zero-order valence-electron chi connectivity index (χ0n) is 13.3. The minimum Gasteiger partial charge on any atom is -0.478 e. The van der Waals surface area contributed by atoms with Crippen LogP contribution in [-0.4, -0.2) is 11.1 Å². The summed E-state index contributed by atoms with van der Waals surface area (Å²) in [6.07, 6.45) is 8.96. The van der Waals surface area contributed by atoms with Gasteiger partial charge in [-0.05, 0) is 63.3 Å². The maximum Gasteiger partial charge on any atom is 0.328 e. The molecule has 21 heavy (non-hydrogen) atoms. The molecule has 0 aromatic heterocycles. The second-order valence-electron chi connectivity index (χ2n) is 5.73. The highest BCUT2D eigenvalue weighted by Crippen LogP contribution is 2.15. The summed E-state index contributed by atoms with van der Waals surface area (Å²) in [5.41, 5.74) is 5.93. The Labute approximate surface area is 127 Å². The molecule has 1 aromatic carbocycles. The molecule has 0 fully saturated rings. The Morgan fingerprint density at radius 3 is 1.81 bits per heavy atom. The Kier molecular flexibility index (Phi) is 6.67. The van der Waals surface area contributed by atoms with Crippen LogP contribution in [0.1, 0.15) is 44.4 Å². The van der Waals surface area contributed by atoms with Crippen molar-refractivity contribution in [3.05, 3.63) is 64.3 Å². The molecule has 0 aliphatic heterocycles. The molecular weight excluding hydrogens is 260 g/mol. The second kappa shape index (κ2) is 8.25.